The molecule has 9 heteroatoms. The van der Waals surface area contributed by atoms with Gasteiger partial charge < -0.3 is 19.8 Å². The number of aliphatic hydroxyl groups excluding tert-OH is 1. The van der Waals surface area contributed by atoms with E-state index < -0.39 is 20.0 Å². The molecule has 0 fully saturated rings. The van der Waals surface area contributed by atoms with Gasteiger partial charge in [0.1, 0.15) is 13.2 Å². The molecule has 304 valence electrons. The summed E-state index contributed by atoms with van der Waals surface area (Å²) in [7, 11) is 1.54. The lowest BCUT2D eigenvalue weighted by atomic mass is 10.1. The van der Waals surface area contributed by atoms with Crippen LogP contribution in [0.15, 0.2) is 48.6 Å². The van der Waals surface area contributed by atoms with Crippen LogP contribution in [0.25, 0.3) is 0 Å². The molecule has 0 aliphatic carbocycles. The van der Waals surface area contributed by atoms with Crippen LogP contribution in [0.4, 0.5) is 0 Å². The summed E-state index contributed by atoms with van der Waals surface area (Å²) in [6.07, 6.45) is 43.2. The number of rotatable bonds is 37. The number of phosphoric ester groups is 1. The van der Waals surface area contributed by atoms with Crippen LogP contribution in [-0.2, 0) is 18.4 Å². The highest BCUT2D eigenvalue weighted by Crippen LogP contribution is 2.43. The summed E-state index contributed by atoms with van der Waals surface area (Å²) in [5.41, 5.74) is 0. The summed E-state index contributed by atoms with van der Waals surface area (Å²) < 4.78 is 23.5. The fraction of sp³-hybridized carbons (Fsp3) is 0.791. The fourth-order valence-electron chi connectivity index (χ4n) is 5.62. The van der Waals surface area contributed by atoms with Crippen molar-refractivity contribution < 1.29 is 32.9 Å². The van der Waals surface area contributed by atoms with Gasteiger partial charge in [-0.2, -0.15) is 0 Å². The van der Waals surface area contributed by atoms with Gasteiger partial charge in [-0.05, 0) is 57.8 Å². The Bertz CT molecular complexity index is 991. The Kier molecular flexibility index (Phi) is 34.1. The van der Waals surface area contributed by atoms with E-state index in [-0.39, 0.29) is 19.1 Å². The minimum absolute atomic E-state index is 0.0518. The van der Waals surface area contributed by atoms with E-state index in [0.717, 1.165) is 70.6 Å². The average Bonchev–Trinajstić information content (AvgIpc) is 3.09. The van der Waals surface area contributed by atoms with E-state index >= 15 is 0 Å². The van der Waals surface area contributed by atoms with Crippen molar-refractivity contribution in [1.29, 1.82) is 0 Å². The Labute approximate surface area is 320 Å². The number of amides is 1. The molecule has 8 nitrogen and oxygen atoms in total. The summed E-state index contributed by atoms with van der Waals surface area (Å²) in [5.74, 6) is -0.204. The zero-order chi connectivity index (χ0) is 38.6. The van der Waals surface area contributed by atoms with Gasteiger partial charge in [0.25, 0.3) is 0 Å². The van der Waals surface area contributed by atoms with Crippen molar-refractivity contribution in [2.75, 3.05) is 40.9 Å². The number of phosphoric acid groups is 1. The van der Waals surface area contributed by atoms with Crippen LogP contribution in [0.2, 0.25) is 0 Å². The molecule has 0 saturated heterocycles. The summed E-state index contributed by atoms with van der Waals surface area (Å²) in [5, 5.41) is 13.8. The third-order valence-corrected chi connectivity index (χ3v) is 9.99. The Morgan fingerprint density at radius 1 is 0.654 bits per heavy atom. The first-order valence-electron chi connectivity index (χ1n) is 21.0. The first-order chi connectivity index (χ1) is 25.0. The smallest absolute Gasteiger partial charge is 0.387 e. The molecule has 0 aliphatic heterocycles. The Balaban J connectivity index is 4.55. The molecule has 0 aromatic carbocycles. The monoisotopic (exact) mass is 754 g/mol. The standard InChI is InChI=1S/C43H81N2O6P/c1-6-8-10-12-14-16-18-20-21-22-23-25-26-28-30-32-34-36-42(46)41(40-51-52(48,49)50-39-38-45(3,4)5)44-43(47)37-35-33-31-29-27-24-19-17-15-13-11-9-7-2/h11,13,17,19,26,28,34,36,41-42,46H,6-10,12,14-16,18,20-25,27,29-33,35,37-40H2,1-5H3,(H-,44,47,48,49)/p+1/b13-11-,19-17-,28-26+,36-34+. The van der Waals surface area contributed by atoms with Gasteiger partial charge in [0.15, 0.2) is 0 Å². The Hall–Kier alpha value is -1.54. The van der Waals surface area contributed by atoms with Gasteiger partial charge in [-0.1, -0.05) is 152 Å². The normalized spacial score (nSPS) is 15.0. The SMILES string of the molecule is CCC/C=C\C/C=C\CCCCCCCC(=O)NC(COP(=O)(O)OCC[N+](C)(C)C)C(O)/C=C/CC/C=C/CCCCCCCCCCCCC. The van der Waals surface area contributed by atoms with E-state index in [1.807, 2.05) is 27.2 Å². The van der Waals surface area contributed by atoms with Crippen LogP contribution in [0.3, 0.4) is 0 Å². The third-order valence-electron chi connectivity index (χ3n) is 9.00. The van der Waals surface area contributed by atoms with E-state index in [0.29, 0.717) is 17.4 Å². The van der Waals surface area contributed by atoms with Gasteiger partial charge in [0, 0.05) is 6.42 Å². The molecule has 3 unspecified atom stereocenters. The summed E-state index contributed by atoms with van der Waals surface area (Å²) in [4.78, 5) is 23.0. The number of carbonyl (C=O) groups excluding carboxylic acids is 1. The first kappa shape index (κ1) is 50.5. The molecule has 1 amide bonds. The van der Waals surface area contributed by atoms with Crippen LogP contribution in [-0.4, -0.2) is 73.4 Å². The molecule has 52 heavy (non-hydrogen) atoms. The van der Waals surface area contributed by atoms with E-state index in [9.17, 15) is 19.4 Å². The zero-order valence-corrected chi connectivity index (χ0v) is 35.2. The van der Waals surface area contributed by atoms with Crippen molar-refractivity contribution in [3.8, 4) is 0 Å². The highest BCUT2D eigenvalue weighted by atomic mass is 31.2. The molecule has 0 heterocycles. The maximum atomic E-state index is 12.8. The molecule has 0 aromatic heterocycles. The van der Waals surface area contributed by atoms with E-state index in [1.165, 1.54) is 77.0 Å². The molecule has 3 N–H and O–H groups in total. The number of unbranched alkanes of at least 4 members (excludes halogenated alkanes) is 18. The summed E-state index contributed by atoms with van der Waals surface area (Å²) >= 11 is 0. The van der Waals surface area contributed by atoms with Crippen LogP contribution in [0.1, 0.15) is 168 Å². The predicted octanol–water partition coefficient (Wildman–Crippen LogP) is 11.3. The molecular formula is C43H82N2O6P+. The number of carbonyl (C=O) groups is 1. The van der Waals surface area contributed by atoms with Crippen LogP contribution in [0, 0.1) is 0 Å². The number of aliphatic hydroxyl groups is 1. The highest BCUT2D eigenvalue weighted by molar-refractivity contribution is 7.47. The lowest BCUT2D eigenvalue weighted by Gasteiger charge is -2.25. The van der Waals surface area contributed by atoms with Crippen molar-refractivity contribution >= 4 is 13.7 Å². The van der Waals surface area contributed by atoms with Crippen molar-refractivity contribution in [3.63, 3.8) is 0 Å². The van der Waals surface area contributed by atoms with Gasteiger partial charge in [0.2, 0.25) is 5.91 Å². The molecule has 0 aliphatic rings. The fourth-order valence-corrected chi connectivity index (χ4v) is 6.36. The highest BCUT2D eigenvalue weighted by Gasteiger charge is 2.27. The second-order valence-corrected chi connectivity index (χ2v) is 16.8. The third kappa shape index (κ3) is 36.8. The van der Waals surface area contributed by atoms with E-state index in [4.69, 9.17) is 9.05 Å². The van der Waals surface area contributed by atoms with Crippen molar-refractivity contribution in [3.05, 3.63) is 48.6 Å². The molecule has 0 spiro atoms. The largest absolute Gasteiger partial charge is 0.472 e. The first-order valence-corrected chi connectivity index (χ1v) is 22.5. The second kappa shape index (κ2) is 35.2. The van der Waals surface area contributed by atoms with Crippen molar-refractivity contribution in [2.45, 2.75) is 180 Å². The molecule has 0 rings (SSSR count). The second-order valence-electron chi connectivity index (χ2n) is 15.4. The minimum Gasteiger partial charge on any atom is -0.387 e. The maximum absolute atomic E-state index is 12.8. The predicted molar refractivity (Wildman–Crippen MR) is 221 cm³/mol. The number of allylic oxidation sites excluding steroid dienone is 7. The van der Waals surface area contributed by atoms with Gasteiger partial charge in [-0.25, -0.2) is 4.57 Å². The molecular weight excluding hydrogens is 671 g/mol. The number of quaternary nitrogens is 1. The lowest BCUT2D eigenvalue weighted by molar-refractivity contribution is -0.870. The molecule has 0 radical (unpaired) electrons. The lowest BCUT2D eigenvalue weighted by Crippen LogP contribution is -2.45. The molecule has 3 atom stereocenters. The van der Waals surface area contributed by atoms with Gasteiger partial charge >= 0.3 is 7.82 Å². The number of likely N-dealkylation sites (N-methyl/N-ethyl adjacent to an activating group) is 1. The number of hydrogen-bond donors (Lipinski definition) is 3. The number of hydrogen-bond acceptors (Lipinski definition) is 5. The van der Waals surface area contributed by atoms with Crippen LogP contribution in [0.5, 0.6) is 0 Å². The zero-order valence-electron chi connectivity index (χ0n) is 34.3. The molecule has 0 bridgehead atoms. The van der Waals surface area contributed by atoms with E-state index in [1.54, 1.807) is 6.08 Å². The number of nitrogens with one attached hydrogen (secondary N) is 1. The number of nitrogens with zero attached hydrogens (tertiary/aromatic N) is 1. The average molecular weight is 754 g/mol. The van der Waals surface area contributed by atoms with Crippen molar-refractivity contribution in [1.82, 2.24) is 5.32 Å². The Morgan fingerprint density at radius 3 is 1.73 bits per heavy atom. The maximum Gasteiger partial charge on any atom is 0.472 e. The molecule has 0 aromatic rings. The van der Waals surface area contributed by atoms with Crippen LogP contribution < -0.4 is 5.32 Å². The van der Waals surface area contributed by atoms with Crippen LogP contribution >= 0.6 is 7.82 Å². The minimum atomic E-state index is -4.35. The quantitative estimate of drug-likeness (QED) is 0.0252. The van der Waals surface area contributed by atoms with Crippen molar-refractivity contribution in [2.24, 2.45) is 0 Å². The summed E-state index contributed by atoms with van der Waals surface area (Å²) in [6, 6.07) is -0.869. The van der Waals surface area contributed by atoms with E-state index in [2.05, 4.69) is 55.6 Å². The topological polar surface area (TPSA) is 105 Å². The van der Waals surface area contributed by atoms with Gasteiger partial charge in [0.05, 0.1) is 39.9 Å². The Morgan fingerprint density at radius 2 is 1.15 bits per heavy atom. The molecule has 0 saturated carbocycles. The van der Waals surface area contributed by atoms with Gasteiger partial charge in [-0.15, -0.1) is 0 Å². The van der Waals surface area contributed by atoms with Gasteiger partial charge in [-0.3, -0.25) is 13.8 Å². The summed E-state index contributed by atoms with van der Waals surface area (Å²) in [6.45, 7) is 4.70.